The number of piperidine rings is 1. The van der Waals surface area contributed by atoms with Gasteiger partial charge in [0.05, 0.1) is 12.7 Å². The maximum atomic E-state index is 6.16. The molecule has 2 aliphatic heterocycles. The van der Waals surface area contributed by atoms with Crippen LogP contribution >= 0.6 is 11.6 Å². The first-order valence-corrected chi connectivity index (χ1v) is 6.34. The summed E-state index contributed by atoms with van der Waals surface area (Å²) in [7, 11) is 2.16. The molecule has 0 N–H and O–H groups in total. The molecule has 0 radical (unpaired) electrons. The average Bonchev–Trinajstić information content (AvgIpc) is 2.17. The van der Waals surface area contributed by atoms with Gasteiger partial charge >= 0.3 is 0 Å². The third kappa shape index (κ3) is 3.59. The van der Waals surface area contributed by atoms with Crippen molar-refractivity contribution in [1.29, 1.82) is 0 Å². The molecule has 0 aromatic carbocycles. The molecule has 2 saturated heterocycles. The topological polar surface area (TPSA) is 15.7 Å². The van der Waals surface area contributed by atoms with E-state index in [9.17, 15) is 0 Å². The van der Waals surface area contributed by atoms with Crippen molar-refractivity contribution in [2.24, 2.45) is 0 Å². The second-order valence-electron chi connectivity index (χ2n) is 4.75. The normalized spacial score (nSPS) is 35.6. The molecular formula is C11H21ClN2O. The van der Waals surface area contributed by atoms with Gasteiger partial charge in [-0.1, -0.05) is 0 Å². The highest BCUT2D eigenvalue weighted by atomic mass is 35.5. The number of halogens is 1. The smallest absolute Gasteiger partial charge is 0.0829 e. The molecule has 2 heterocycles. The summed E-state index contributed by atoms with van der Waals surface area (Å²) in [5.41, 5.74) is 0. The monoisotopic (exact) mass is 232 g/mol. The predicted octanol–water partition coefficient (Wildman–Crippen LogP) is 1.02. The van der Waals surface area contributed by atoms with Gasteiger partial charge in [-0.3, -0.25) is 4.90 Å². The van der Waals surface area contributed by atoms with Crippen molar-refractivity contribution in [1.82, 2.24) is 9.80 Å². The van der Waals surface area contributed by atoms with E-state index in [-0.39, 0.29) is 0 Å². The maximum Gasteiger partial charge on any atom is 0.0829 e. The van der Waals surface area contributed by atoms with Gasteiger partial charge in [-0.05, 0) is 26.4 Å². The molecule has 2 fully saturated rings. The van der Waals surface area contributed by atoms with Crippen LogP contribution in [0, 0.1) is 0 Å². The first-order valence-electron chi connectivity index (χ1n) is 5.90. The summed E-state index contributed by atoms with van der Waals surface area (Å²) in [6, 6.07) is 0. The molecule has 15 heavy (non-hydrogen) atoms. The highest BCUT2D eigenvalue weighted by Gasteiger charge is 2.24. The molecule has 2 rings (SSSR count). The minimum absolute atomic E-state index is 0.347. The van der Waals surface area contributed by atoms with Gasteiger partial charge in [-0.25, -0.2) is 0 Å². The molecule has 4 heteroatoms. The molecule has 0 bridgehead atoms. The Morgan fingerprint density at radius 2 is 2.20 bits per heavy atom. The molecule has 2 aliphatic rings. The van der Waals surface area contributed by atoms with Crippen molar-refractivity contribution < 1.29 is 4.74 Å². The Hall–Kier alpha value is 0.170. The quantitative estimate of drug-likeness (QED) is 0.662. The van der Waals surface area contributed by atoms with E-state index in [2.05, 4.69) is 16.8 Å². The van der Waals surface area contributed by atoms with E-state index < -0.39 is 0 Å². The van der Waals surface area contributed by atoms with E-state index in [1.807, 2.05) is 0 Å². The lowest BCUT2D eigenvalue weighted by molar-refractivity contribution is -0.0374. The van der Waals surface area contributed by atoms with Crippen LogP contribution in [0.5, 0.6) is 0 Å². The second kappa shape index (κ2) is 5.48. The van der Waals surface area contributed by atoms with Crippen LogP contribution < -0.4 is 0 Å². The summed E-state index contributed by atoms with van der Waals surface area (Å²) in [5, 5.41) is 0.347. The Balaban J connectivity index is 1.75. The molecule has 0 aliphatic carbocycles. The van der Waals surface area contributed by atoms with Crippen LogP contribution in [0.15, 0.2) is 0 Å². The minimum atomic E-state index is 0.347. The van der Waals surface area contributed by atoms with Gasteiger partial charge in [0.2, 0.25) is 0 Å². The van der Waals surface area contributed by atoms with E-state index in [4.69, 9.17) is 16.3 Å². The van der Waals surface area contributed by atoms with E-state index in [1.165, 1.54) is 19.4 Å². The number of morpholine rings is 1. The van der Waals surface area contributed by atoms with Gasteiger partial charge < -0.3 is 9.64 Å². The summed E-state index contributed by atoms with van der Waals surface area (Å²) >= 11 is 6.16. The van der Waals surface area contributed by atoms with Gasteiger partial charge in [-0.2, -0.15) is 0 Å². The van der Waals surface area contributed by atoms with Gasteiger partial charge in [0.15, 0.2) is 0 Å². The fourth-order valence-electron chi connectivity index (χ4n) is 2.43. The van der Waals surface area contributed by atoms with Crippen LogP contribution in [0.2, 0.25) is 0 Å². The van der Waals surface area contributed by atoms with Crippen LogP contribution in [-0.4, -0.2) is 67.7 Å². The molecule has 0 saturated carbocycles. The fraction of sp³-hybridized carbons (Fsp3) is 1.00. The van der Waals surface area contributed by atoms with Crippen LogP contribution in [0.4, 0.5) is 0 Å². The Labute approximate surface area is 97.3 Å². The molecule has 3 nitrogen and oxygen atoms in total. The number of ether oxygens (including phenoxy) is 1. The summed E-state index contributed by atoms with van der Waals surface area (Å²) in [4.78, 5) is 4.79. The molecule has 0 aromatic rings. The number of rotatable bonds is 2. The van der Waals surface area contributed by atoms with Crippen molar-refractivity contribution in [2.45, 2.75) is 24.3 Å². The van der Waals surface area contributed by atoms with Gasteiger partial charge in [-0.15, -0.1) is 11.6 Å². The summed E-state index contributed by atoms with van der Waals surface area (Å²) in [6.45, 7) is 6.27. The van der Waals surface area contributed by atoms with E-state index in [0.717, 1.165) is 32.8 Å². The number of likely N-dealkylation sites (tertiary alicyclic amines) is 1. The van der Waals surface area contributed by atoms with E-state index >= 15 is 0 Å². The van der Waals surface area contributed by atoms with Crippen molar-refractivity contribution >= 4 is 11.6 Å². The lowest BCUT2D eigenvalue weighted by Crippen LogP contribution is -2.48. The summed E-state index contributed by atoms with van der Waals surface area (Å²) in [6.07, 6.45) is 2.78. The van der Waals surface area contributed by atoms with E-state index in [1.54, 1.807) is 0 Å². The third-order valence-corrected chi connectivity index (χ3v) is 3.61. The predicted molar refractivity (Wildman–Crippen MR) is 62.6 cm³/mol. The Bertz CT molecular complexity index is 183. The number of hydrogen-bond donors (Lipinski definition) is 0. The van der Waals surface area contributed by atoms with Gasteiger partial charge in [0.1, 0.15) is 0 Å². The highest BCUT2D eigenvalue weighted by Crippen LogP contribution is 2.16. The number of nitrogens with zero attached hydrogens (tertiary/aromatic N) is 2. The summed E-state index contributed by atoms with van der Waals surface area (Å²) in [5.74, 6) is 0. The molecule has 0 aromatic heterocycles. The Kier molecular flexibility index (Phi) is 4.26. The second-order valence-corrected chi connectivity index (χ2v) is 5.37. The standard InChI is InChI=1S/C11H21ClN2O/c1-13-5-6-15-11(8-13)9-14-4-2-3-10(12)7-14/h10-11H,2-9H2,1H3. The van der Waals surface area contributed by atoms with E-state index in [0.29, 0.717) is 11.5 Å². The van der Waals surface area contributed by atoms with Crippen LogP contribution in [0.1, 0.15) is 12.8 Å². The zero-order chi connectivity index (χ0) is 10.7. The zero-order valence-corrected chi connectivity index (χ0v) is 10.2. The zero-order valence-electron chi connectivity index (χ0n) is 9.49. The lowest BCUT2D eigenvalue weighted by atomic mass is 10.1. The van der Waals surface area contributed by atoms with Crippen LogP contribution in [-0.2, 0) is 4.74 Å². The molecule has 0 amide bonds. The Morgan fingerprint density at radius 3 is 2.93 bits per heavy atom. The van der Waals surface area contributed by atoms with Crippen molar-refractivity contribution in [3.8, 4) is 0 Å². The van der Waals surface area contributed by atoms with Crippen LogP contribution in [0.3, 0.4) is 0 Å². The molecular weight excluding hydrogens is 212 g/mol. The molecule has 88 valence electrons. The minimum Gasteiger partial charge on any atom is -0.374 e. The largest absolute Gasteiger partial charge is 0.374 e. The fourth-order valence-corrected chi connectivity index (χ4v) is 2.78. The highest BCUT2D eigenvalue weighted by molar-refractivity contribution is 6.20. The number of hydrogen-bond acceptors (Lipinski definition) is 3. The first-order chi connectivity index (χ1) is 7.24. The first kappa shape index (κ1) is 11.6. The van der Waals surface area contributed by atoms with Gasteiger partial charge in [0.25, 0.3) is 0 Å². The third-order valence-electron chi connectivity index (χ3n) is 3.25. The lowest BCUT2D eigenvalue weighted by Gasteiger charge is -2.36. The average molecular weight is 233 g/mol. The summed E-state index contributed by atoms with van der Waals surface area (Å²) < 4.78 is 5.76. The molecule has 2 atom stereocenters. The maximum absolute atomic E-state index is 6.16. The Morgan fingerprint density at radius 1 is 1.33 bits per heavy atom. The van der Waals surface area contributed by atoms with Crippen molar-refractivity contribution in [3.63, 3.8) is 0 Å². The molecule has 0 spiro atoms. The number of alkyl halides is 1. The SMILES string of the molecule is CN1CCOC(CN2CCCC(Cl)C2)C1. The molecule has 2 unspecified atom stereocenters. The van der Waals surface area contributed by atoms with Crippen molar-refractivity contribution in [2.75, 3.05) is 46.4 Å². The number of likely N-dealkylation sites (N-methyl/N-ethyl adjacent to an activating group) is 1. The van der Waals surface area contributed by atoms with Crippen LogP contribution in [0.25, 0.3) is 0 Å². The van der Waals surface area contributed by atoms with Crippen molar-refractivity contribution in [3.05, 3.63) is 0 Å². The van der Waals surface area contributed by atoms with Gasteiger partial charge in [0, 0.05) is 31.6 Å².